The first-order chi connectivity index (χ1) is 5.88. The molecule has 0 saturated heterocycles. The van der Waals surface area contributed by atoms with Crippen LogP contribution in [0.4, 0.5) is 4.39 Å². The Labute approximate surface area is 87.2 Å². The zero-order valence-corrected chi connectivity index (χ0v) is 10.5. The van der Waals surface area contributed by atoms with Crippen molar-refractivity contribution in [3.8, 4) is 5.75 Å². The fourth-order valence-corrected chi connectivity index (χ4v) is 2.09. The number of rotatable bonds is 2. The highest BCUT2D eigenvalue weighted by Gasteiger charge is 2.16. The molecule has 4 heteroatoms. The normalized spacial score (nSPS) is 11.5. The van der Waals surface area contributed by atoms with Crippen molar-refractivity contribution in [1.29, 1.82) is 0 Å². The van der Waals surface area contributed by atoms with Gasteiger partial charge >= 0.3 is 0 Å². The minimum absolute atomic E-state index is 0.261. The summed E-state index contributed by atoms with van der Waals surface area (Å²) in [6.45, 7) is 6.26. The Morgan fingerprint density at radius 1 is 1.31 bits per heavy atom. The summed E-state index contributed by atoms with van der Waals surface area (Å²) in [5.74, 6) is 0.468. The predicted octanol–water partition coefficient (Wildman–Crippen LogP) is 3.80. The molecule has 0 radical (unpaired) electrons. The van der Waals surface area contributed by atoms with Gasteiger partial charge in [0.25, 0.3) is 0 Å². The molecule has 0 fully saturated rings. The van der Waals surface area contributed by atoms with Gasteiger partial charge in [0.1, 0.15) is 11.6 Å². The van der Waals surface area contributed by atoms with Crippen LogP contribution >= 0.6 is 15.9 Å². The van der Waals surface area contributed by atoms with Crippen LogP contribution in [0.5, 0.6) is 5.75 Å². The Hall–Kier alpha value is -0.353. The van der Waals surface area contributed by atoms with E-state index in [1.807, 2.05) is 0 Å². The monoisotopic (exact) mass is 262 g/mol. The lowest BCUT2D eigenvalue weighted by atomic mass is 10.3. The third-order valence-electron chi connectivity index (χ3n) is 1.32. The second-order valence-electron chi connectivity index (χ2n) is 3.79. The van der Waals surface area contributed by atoms with Gasteiger partial charge in [-0.15, -0.1) is 0 Å². The molecule has 0 N–H and O–H groups in total. The molecule has 0 aliphatic heterocycles. The molecule has 0 aromatic heterocycles. The lowest BCUT2D eigenvalue weighted by Crippen LogP contribution is -2.29. The quantitative estimate of drug-likeness (QED) is 0.737. The fraction of sp³-hybridized carbons (Fsp3) is 0.333. The maximum Gasteiger partial charge on any atom is 0.242 e. The summed E-state index contributed by atoms with van der Waals surface area (Å²) in [4.78, 5) is 0. The molecule has 72 valence electrons. The van der Waals surface area contributed by atoms with E-state index in [4.69, 9.17) is 4.43 Å². The van der Waals surface area contributed by atoms with E-state index in [2.05, 4.69) is 35.6 Å². The summed E-state index contributed by atoms with van der Waals surface area (Å²) in [5.41, 5.74) is 0. The number of halogens is 2. The van der Waals surface area contributed by atoms with Crippen LogP contribution in [0.25, 0.3) is 0 Å². The maximum atomic E-state index is 12.8. The fourth-order valence-electron chi connectivity index (χ4n) is 0.894. The summed E-state index contributed by atoms with van der Waals surface area (Å²) >= 11 is 3.11. The summed E-state index contributed by atoms with van der Waals surface area (Å²) in [6.07, 6.45) is 0. The highest BCUT2D eigenvalue weighted by atomic mass is 79.9. The molecule has 13 heavy (non-hydrogen) atoms. The Morgan fingerprint density at radius 3 is 2.38 bits per heavy atom. The van der Waals surface area contributed by atoms with Crippen molar-refractivity contribution in [3.63, 3.8) is 0 Å². The smallest absolute Gasteiger partial charge is 0.242 e. The van der Waals surface area contributed by atoms with E-state index in [-0.39, 0.29) is 5.82 Å². The first-order valence-electron chi connectivity index (χ1n) is 4.02. The standard InChI is InChI=1S/C9H12BrFOSi/c1-13(2,3)12-7-4-5-9(11)8(10)6-7/h4-6H,1-3H3. The minimum Gasteiger partial charge on any atom is -0.544 e. The Morgan fingerprint density at radius 2 is 1.92 bits per heavy atom. The second-order valence-corrected chi connectivity index (χ2v) is 9.07. The van der Waals surface area contributed by atoms with E-state index >= 15 is 0 Å². The number of hydrogen-bond acceptors (Lipinski definition) is 1. The maximum absolute atomic E-state index is 12.8. The second kappa shape index (κ2) is 3.80. The van der Waals surface area contributed by atoms with Gasteiger partial charge in [0.2, 0.25) is 8.32 Å². The van der Waals surface area contributed by atoms with Gasteiger partial charge < -0.3 is 4.43 Å². The Bertz CT molecular complexity index is 309. The van der Waals surface area contributed by atoms with Crippen molar-refractivity contribution in [3.05, 3.63) is 28.5 Å². The molecule has 0 saturated carbocycles. The van der Waals surface area contributed by atoms with Crippen molar-refractivity contribution >= 4 is 24.2 Å². The van der Waals surface area contributed by atoms with E-state index in [1.165, 1.54) is 6.07 Å². The van der Waals surface area contributed by atoms with E-state index in [9.17, 15) is 4.39 Å². The molecule has 0 bridgehead atoms. The van der Waals surface area contributed by atoms with Crippen LogP contribution in [0.1, 0.15) is 0 Å². The number of hydrogen-bond donors (Lipinski definition) is 0. The van der Waals surface area contributed by atoms with Crippen LogP contribution in [0.15, 0.2) is 22.7 Å². The van der Waals surface area contributed by atoms with Crippen LogP contribution in [0, 0.1) is 5.82 Å². The van der Waals surface area contributed by atoms with Gasteiger partial charge in [-0.25, -0.2) is 4.39 Å². The molecule has 0 amide bonds. The average molecular weight is 263 g/mol. The van der Waals surface area contributed by atoms with Gasteiger partial charge in [-0.2, -0.15) is 0 Å². The van der Waals surface area contributed by atoms with Crippen LogP contribution in [0.3, 0.4) is 0 Å². The molecule has 0 spiro atoms. The molecule has 1 rings (SSSR count). The van der Waals surface area contributed by atoms with Gasteiger partial charge in [-0.3, -0.25) is 0 Å². The lowest BCUT2D eigenvalue weighted by molar-refractivity contribution is 0.551. The van der Waals surface area contributed by atoms with Crippen molar-refractivity contribution < 1.29 is 8.82 Å². The predicted molar refractivity (Wildman–Crippen MR) is 58.1 cm³/mol. The van der Waals surface area contributed by atoms with Crippen molar-refractivity contribution in [2.24, 2.45) is 0 Å². The minimum atomic E-state index is -1.58. The van der Waals surface area contributed by atoms with E-state index in [1.54, 1.807) is 12.1 Å². The molecular weight excluding hydrogens is 251 g/mol. The van der Waals surface area contributed by atoms with Crippen LogP contribution < -0.4 is 4.43 Å². The van der Waals surface area contributed by atoms with E-state index < -0.39 is 8.32 Å². The Kier molecular flexibility index (Phi) is 3.13. The largest absolute Gasteiger partial charge is 0.544 e. The van der Waals surface area contributed by atoms with Crippen LogP contribution in [-0.4, -0.2) is 8.32 Å². The molecule has 0 atom stereocenters. The van der Waals surface area contributed by atoms with Gasteiger partial charge in [0.05, 0.1) is 4.47 Å². The average Bonchev–Trinajstić information content (AvgIpc) is 1.94. The molecule has 1 aromatic rings. The first-order valence-corrected chi connectivity index (χ1v) is 8.23. The molecular formula is C9H12BrFOSi. The molecule has 1 aromatic carbocycles. The summed E-state index contributed by atoms with van der Waals surface area (Å²) in [6, 6.07) is 4.71. The van der Waals surface area contributed by atoms with Gasteiger partial charge in [-0.05, 0) is 53.8 Å². The van der Waals surface area contributed by atoms with Gasteiger partial charge in [0, 0.05) is 0 Å². The van der Waals surface area contributed by atoms with Crippen molar-refractivity contribution in [2.45, 2.75) is 19.6 Å². The SMILES string of the molecule is C[Si](C)(C)Oc1ccc(F)c(Br)c1. The third-order valence-corrected chi connectivity index (χ3v) is 2.77. The zero-order valence-electron chi connectivity index (χ0n) is 7.90. The van der Waals surface area contributed by atoms with Crippen LogP contribution in [0.2, 0.25) is 19.6 Å². The topological polar surface area (TPSA) is 9.23 Å². The molecule has 0 aliphatic carbocycles. The lowest BCUT2D eigenvalue weighted by Gasteiger charge is -2.19. The highest BCUT2D eigenvalue weighted by Crippen LogP contribution is 2.23. The summed E-state index contributed by atoms with van der Waals surface area (Å²) in [5, 5.41) is 0. The van der Waals surface area contributed by atoms with Gasteiger partial charge in [-0.1, -0.05) is 0 Å². The molecule has 0 heterocycles. The van der Waals surface area contributed by atoms with Crippen molar-refractivity contribution in [1.82, 2.24) is 0 Å². The highest BCUT2D eigenvalue weighted by molar-refractivity contribution is 9.10. The Balaban J connectivity index is 2.86. The number of benzene rings is 1. The van der Waals surface area contributed by atoms with E-state index in [0.717, 1.165) is 5.75 Å². The van der Waals surface area contributed by atoms with Crippen LogP contribution in [-0.2, 0) is 0 Å². The third kappa shape index (κ3) is 3.48. The molecule has 0 aliphatic rings. The van der Waals surface area contributed by atoms with Gasteiger partial charge in [0.15, 0.2) is 0 Å². The van der Waals surface area contributed by atoms with Crippen molar-refractivity contribution in [2.75, 3.05) is 0 Å². The summed E-state index contributed by atoms with van der Waals surface area (Å²) in [7, 11) is -1.58. The summed E-state index contributed by atoms with van der Waals surface area (Å²) < 4.78 is 19.0. The van der Waals surface area contributed by atoms with E-state index in [0.29, 0.717) is 4.47 Å². The zero-order chi connectivity index (χ0) is 10.1. The molecule has 0 unspecified atom stereocenters. The molecule has 1 nitrogen and oxygen atoms in total. The first kappa shape index (κ1) is 10.7.